The highest BCUT2D eigenvalue weighted by Gasteiger charge is 2.20. The topological polar surface area (TPSA) is 135 Å². The maximum atomic E-state index is 12.7. The van der Waals surface area contributed by atoms with Crippen LogP contribution in [0, 0.1) is 0 Å². The number of aromatic nitrogens is 4. The number of nitrogens with zero attached hydrogens (tertiary/aromatic N) is 4. The molecule has 0 saturated carbocycles. The summed E-state index contributed by atoms with van der Waals surface area (Å²) in [6.45, 7) is 0.0259. The van der Waals surface area contributed by atoms with Gasteiger partial charge in [0.2, 0.25) is 15.9 Å². The molecule has 2 aromatic heterocycles. The van der Waals surface area contributed by atoms with Crippen molar-refractivity contribution in [2.75, 3.05) is 41.6 Å². The van der Waals surface area contributed by atoms with Crippen molar-refractivity contribution in [2.45, 2.75) is 4.90 Å². The van der Waals surface area contributed by atoms with E-state index in [-0.39, 0.29) is 29.7 Å². The minimum atomic E-state index is -3.84. The number of rotatable bonds is 11. The number of hydrogen-bond donors (Lipinski definition) is 1. The highest BCUT2D eigenvalue weighted by molar-refractivity contribution is 7.89. The molecular weight excluding hydrogens is 490 g/mol. The quantitative estimate of drug-likeness (QED) is 0.296. The Balaban J connectivity index is 1.47. The number of ether oxygens (including phenoxy) is 5. The third-order valence-electron chi connectivity index (χ3n) is 5.19. The van der Waals surface area contributed by atoms with Crippen LogP contribution in [0.3, 0.4) is 0 Å². The van der Waals surface area contributed by atoms with E-state index in [1.165, 1.54) is 30.9 Å². The summed E-state index contributed by atoms with van der Waals surface area (Å²) < 4.78 is 56.2. The second-order valence-electron chi connectivity index (χ2n) is 7.29. The molecule has 1 N–H and O–H groups in total. The third kappa shape index (κ3) is 5.11. The van der Waals surface area contributed by atoms with Crippen LogP contribution in [-0.4, -0.2) is 69.8 Å². The Morgan fingerprint density at radius 1 is 0.833 bits per heavy atom. The fraction of sp³-hybridized carbons (Fsp3) is 0.261. The molecule has 0 spiro atoms. The maximum absolute atomic E-state index is 12.7. The van der Waals surface area contributed by atoms with Gasteiger partial charge >= 0.3 is 0 Å². The van der Waals surface area contributed by atoms with Gasteiger partial charge < -0.3 is 23.7 Å². The van der Waals surface area contributed by atoms with Crippen LogP contribution in [0.2, 0.25) is 0 Å². The third-order valence-corrected chi connectivity index (χ3v) is 6.69. The molecule has 190 valence electrons. The van der Waals surface area contributed by atoms with Gasteiger partial charge in [-0.1, -0.05) is 0 Å². The second kappa shape index (κ2) is 10.7. The van der Waals surface area contributed by atoms with Gasteiger partial charge in [0.1, 0.15) is 34.5 Å². The molecule has 36 heavy (non-hydrogen) atoms. The first kappa shape index (κ1) is 25.0. The van der Waals surface area contributed by atoms with Crippen molar-refractivity contribution in [3.8, 4) is 40.3 Å². The van der Waals surface area contributed by atoms with Crippen molar-refractivity contribution in [3.05, 3.63) is 48.5 Å². The van der Waals surface area contributed by atoms with Gasteiger partial charge in [0, 0.05) is 24.7 Å². The largest absolute Gasteiger partial charge is 0.497 e. The smallest absolute Gasteiger partial charge is 0.244 e. The number of methoxy groups -OCH3 is 4. The van der Waals surface area contributed by atoms with Gasteiger partial charge in [-0.05, 0) is 30.3 Å². The SMILES string of the molecule is COc1ccc(-c2nnc3ccc(OCCNS(=O)(=O)c4ccc(OC)cc4OC)nn23)c(OC)c1. The van der Waals surface area contributed by atoms with E-state index < -0.39 is 10.0 Å². The first-order valence-corrected chi connectivity index (χ1v) is 12.2. The molecule has 0 amide bonds. The molecule has 0 radical (unpaired) electrons. The Bertz CT molecular complexity index is 1470. The van der Waals surface area contributed by atoms with Gasteiger partial charge in [-0.3, -0.25) is 0 Å². The molecule has 0 saturated heterocycles. The summed E-state index contributed by atoms with van der Waals surface area (Å²) in [4.78, 5) is -0.00656. The van der Waals surface area contributed by atoms with Crippen LogP contribution >= 0.6 is 0 Å². The predicted octanol–water partition coefficient (Wildman–Crippen LogP) is 2.18. The normalized spacial score (nSPS) is 11.3. The number of hydrogen-bond acceptors (Lipinski definition) is 10. The van der Waals surface area contributed by atoms with Crippen molar-refractivity contribution in [3.63, 3.8) is 0 Å². The van der Waals surface area contributed by atoms with Crippen molar-refractivity contribution in [2.24, 2.45) is 0 Å². The van der Waals surface area contributed by atoms with Crippen LogP contribution in [0.1, 0.15) is 0 Å². The minimum Gasteiger partial charge on any atom is -0.497 e. The van der Waals surface area contributed by atoms with Crippen LogP contribution in [0.25, 0.3) is 17.0 Å². The summed E-state index contributed by atoms with van der Waals surface area (Å²) in [5, 5.41) is 12.8. The van der Waals surface area contributed by atoms with Gasteiger partial charge in [-0.2, -0.15) is 4.52 Å². The zero-order chi connectivity index (χ0) is 25.7. The summed E-state index contributed by atoms with van der Waals surface area (Å²) >= 11 is 0. The summed E-state index contributed by atoms with van der Waals surface area (Å²) in [6, 6.07) is 13.1. The molecule has 0 aliphatic rings. The lowest BCUT2D eigenvalue weighted by atomic mass is 10.2. The number of sulfonamides is 1. The van der Waals surface area contributed by atoms with E-state index in [1.807, 2.05) is 0 Å². The lowest BCUT2D eigenvalue weighted by Crippen LogP contribution is -2.28. The number of fused-ring (bicyclic) bond motifs is 1. The van der Waals surface area contributed by atoms with E-state index >= 15 is 0 Å². The fourth-order valence-electron chi connectivity index (χ4n) is 3.41. The van der Waals surface area contributed by atoms with Crippen LogP contribution in [-0.2, 0) is 10.0 Å². The van der Waals surface area contributed by atoms with E-state index in [1.54, 1.807) is 50.6 Å². The Morgan fingerprint density at radius 3 is 2.22 bits per heavy atom. The van der Waals surface area contributed by atoms with Crippen LogP contribution in [0.15, 0.2) is 53.4 Å². The highest BCUT2D eigenvalue weighted by atomic mass is 32.2. The minimum absolute atomic E-state index is 0.00142. The second-order valence-corrected chi connectivity index (χ2v) is 9.03. The molecule has 0 aliphatic heterocycles. The Kier molecular flexibility index (Phi) is 7.41. The van der Waals surface area contributed by atoms with Crippen LogP contribution < -0.4 is 28.4 Å². The van der Waals surface area contributed by atoms with E-state index in [2.05, 4.69) is 20.0 Å². The van der Waals surface area contributed by atoms with E-state index in [9.17, 15) is 8.42 Å². The Labute approximate surface area is 207 Å². The van der Waals surface area contributed by atoms with Crippen molar-refractivity contribution < 1.29 is 32.1 Å². The molecule has 12 nitrogen and oxygen atoms in total. The zero-order valence-electron chi connectivity index (χ0n) is 20.1. The van der Waals surface area contributed by atoms with Crippen molar-refractivity contribution in [1.82, 2.24) is 24.5 Å². The average Bonchev–Trinajstić information content (AvgIpc) is 3.33. The maximum Gasteiger partial charge on any atom is 0.244 e. The average molecular weight is 516 g/mol. The van der Waals surface area contributed by atoms with E-state index in [4.69, 9.17) is 23.7 Å². The first-order chi connectivity index (χ1) is 17.4. The van der Waals surface area contributed by atoms with Crippen molar-refractivity contribution in [1.29, 1.82) is 0 Å². The molecule has 0 atom stereocenters. The molecule has 0 aliphatic carbocycles. The molecule has 4 aromatic rings. The molecule has 4 rings (SSSR count). The molecule has 2 aromatic carbocycles. The van der Waals surface area contributed by atoms with Crippen LogP contribution in [0.4, 0.5) is 0 Å². The summed E-state index contributed by atoms with van der Waals surface area (Å²) in [7, 11) is 2.15. The van der Waals surface area contributed by atoms with Gasteiger partial charge in [0.05, 0.1) is 34.0 Å². The molecular formula is C23H25N5O7S. The van der Waals surface area contributed by atoms with Crippen molar-refractivity contribution >= 4 is 15.7 Å². The van der Waals surface area contributed by atoms with Crippen LogP contribution in [0.5, 0.6) is 28.9 Å². The molecule has 0 unspecified atom stereocenters. The van der Waals surface area contributed by atoms with E-state index in [0.717, 1.165) is 0 Å². The Morgan fingerprint density at radius 2 is 1.53 bits per heavy atom. The molecule has 0 bridgehead atoms. The highest BCUT2D eigenvalue weighted by Crippen LogP contribution is 2.32. The number of nitrogens with one attached hydrogen (secondary N) is 1. The summed E-state index contributed by atoms with van der Waals surface area (Å²) in [5.41, 5.74) is 1.17. The molecule has 13 heteroatoms. The van der Waals surface area contributed by atoms with Gasteiger partial charge in [0.15, 0.2) is 11.5 Å². The first-order valence-electron chi connectivity index (χ1n) is 10.7. The Hall–Kier alpha value is -4.10. The molecule has 0 fully saturated rings. The molecule has 2 heterocycles. The van der Waals surface area contributed by atoms with E-state index in [0.29, 0.717) is 34.3 Å². The monoisotopic (exact) mass is 515 g/mol. The predicted molar refractivity (Wildman–Crippen MR) is 130 cm³/mol. The zero-order valence-corrected chi connectivity index (χ0v) is 20.9. The summed E-state index contributed by atoms with van der Waals surface area (Å²) in [5.74, 6) is 2.54. The van der Waals surface area contributed by atoms with Gasteiger partial charge in [0.25, 0.3) is 0 Å². The van der Waals surface area contributed by atoms with Gasteiger partial charge in [-0.15, -0.1) is 15.3 Å². The lowest BCUT2D eigenvalue weighted by Gasteiger charge is -2.12. The number of benzene rings is 2. The summed E-state index contributed by atoms with van der Waals surface area (Å²) in [6.07, 6.45) is 0. The fourth-order valence-corrected chi connectivity index (χ4v) is 4.57. The van der Waals surface area contributed by atoms with Gasteiger partial charge in [-0.25, -0.2) is 13.1 Å². The standard InChI is InChI=1S/C23H25N5O7S/c1-31-15-5-7-17(18(13-15)33-3)23-26-25-21-9-10-22(27-28(21)23)35-12-11-24-36(29,30)20-8-6-16(32-2)14-19(20)34-4/h5-10,13-14,24H,11-12H2,1-4H3. The lowest BCUT2D eigenvalue weighted by molar-refractivity contribution is 0.305.